The number of nitrogens with one attached hydrogen (secondary N) is 1. The van der Waals surface area contributed by atoms with Crippen LogP contribution in [0.4, 0.5) is 8.78 Å². The Bertz CT molecular complexity index is 1450. The molecule has 1 unspecified atom stereocenters. The number of thiazole rings is 1. The Balaban J connectivity index is 1.37. The highest BCUT2D eigenvalue weighted by molar-refractivity contribution is 9.10. The Labute approximate surface area is 229 Å². The minimum atomic E-state index is -1.07. The average molecular weight is 609 g/mol. The van der Waals surface area contributed by atoms with Crippen molar-refractivity contribution in [3.63, 3.8) is 0 Å². The van der Waals surface area contributed by atoms with Gasteiger partial charge in [0.05, 0.1) is 23.4 Å². The lowest BCUT2D eigenvalue weighted by Gasteiger charge is -2.35. The lowest BCUT2D eigenvalue weighted by atomic mass is 10.1. The molecule has 1 aliphatic rings. The van der Waals surface area contributed by atoms with Crippen LogP contribution >= 0.6 is 38.9 Å². The van der Waals surface area contributed by atoms with Crippen LogP contribution in [0.25, 0.3) is 10.2 Å². The molecule has 6 nitrogen and oxygen atoms in total. The summed E-state index contributed by atoms with van der Waals surface area (Å²) in [6.07, 6.45) is -0.605. The molecule has 0 saturated carbocycles. The van der Waals surface area contributed by atoms with E-state index in [-0.39, 0.29) is 12.4 Å². The summed E-state index contributed by atoms with van der Waals surface area (Å²) in [7, 11) is 0. The summed E-state index contributed by atoms with van der Waals surface area (Å²) in [4.78, 5) is 19.7. The molecule has 0 bridgehead atoms. The SMILES string of the molecule is O=C(NC(c1cccc(Br)c1)N1CCOCC1)c1c(F)ccc(OCc2nc3cc(Cl)ccc3s2)c1F. The highest BCUT2D eigenvalue weighted by atomic mass is 79.9. The molecule has 3 aromatic carbocycles. The van der Waals surface area contributed by atoms with Crippen LogP contribution in [-0.4, -0.2) is 42.1 Å². The smallest absolute Gasteiger partial charge is 0.258 e. The van der Waals surface area contributed by atoms with Gasteiger partial charge in [-0.1, -0.05) is 39.7 Å². The van der Waals surface area contributed by atoms with Crippen molar-refractivity contribution in [1.29, 1.82) is 0 Å². The highest BCUT2D eigenvalue weighted by Gasteiger charge is 2.28. The predicted molar refractivity (Wildman–Crippen MR) is 142 cm³/mol. The number of fused-ring (bicyclic) bond motifs is 1. The van der Waals surface area contributed by atoms with Crippen LogP contribution in [0.15, 0.2) is 59.1 Å². The third kappa shape index (κ3) is 5.94. The first-order valence-corrected chi connectivity index (χ1v) is 13.4. The number of carbonyl (C=O) groups excluding carboxylic acids is 1. The number of hydrogen-bond acceptors (Lipinski definition) is 6. The van der Waals surface area contributed by atoms with Gasteiger partial charge in [0.25, 0.3) is 5.91 Å². The largest absolute Gasteiger partial charge is 0.483 e. The molecule has 11 heteroatoms. The summed E-state index contributed by atoms with van der Waals surface area (Å²) in [6.45, 7) is 2.04. The van der Waals surface area contributed by atoms with Crippen LogP contribution in [0.2, 0.25) is 5.02 Å². The van der Waals surface area contributed by atoms with E-state index >= 15 is 4.39 Å². The van der Waals surface area contributed by atoms with Gasteiger partial charge < -0.3 is 14.8 Å². The number of halogens is 4. The summed E-state index contributed by atoms with van der Waals surface area (Å²) in [5, 5.41) is 3.96. The van der Waals surface area contributed by atoms with Gasteiger partial charge in [-0.2, -0.15) is 0 Å². The van der Waals surface area contributed by atoms with Crippen molar-refractivity contribution < 1.29 is 23.0 Å². The number of amides is 1. The molecule has 1 amide bonds. The lowest BCUT2D eigenvalue weighted by Crippen LogP contribution is -2.46. The number of carbonyl (C=O) groups is 1. The number of ether oxygens (including phenoxy) is 2. The molecule has 2 heterocycles. The minimum Gasteiger partial charge on any atom is -0.483 e. The number of hydrogen-bond donors (Lipinski definition) is 1. The number of aromatic nitrogens is 1. The summed E-state index contributed by atoms with van der Waals surface area (Å²) in [5.74, 6) is -3.18. The quantitative estimate of drug-likeness (QED) is 0.266. The van der Waals surface area contributed by atoms with E-state index in [0.29, 0.717) is 41.9 Å². The second-order valence-corrected chi connectivity index (χ2v) is 10.8. The van der Waals surface area contributed by atoms with Crippen molar-refractivity contribution in [2.24, 2.45) is 0 Å². The van der Waals surface area contributed by atoms with Gasteiger partial charge in [0.2, 0.25) is 0 Å². The Hall–Kier alpha value is -2.63. The second kappa shape index (κ2) is 11.4. The molecule has 1 aromatic heterocycles. The van der Waals surface area contributed by atoms with E-state index in [1.807, 2.05) is 35.2 Å². The Morgan fingerprint density at radius 3 is 2.78 bits per heavy atom. The fourth-order valence-corrected chi connectivity index (χ4v) is 5.54. The zero-order chi connectivity index (χ0) is 25.9. The van der Waals surface area contributed by atoms with E-state index in [1.165, 1.54) is 17.4 Å². The van der Waals surface area contributed by atoms with Crippen molar-refractivity contribution in [2.75, 3.05) is 26.3 Å². The zero-order valence-electron chi connectivity index (χ0n) is 19.3. The second-order valence-electron chi connectivity index (χ2n) is 8.32. The monoisotopic (exact) mass is 607 g/mol. The third-order valence-electron chi connectivity index (χ3n) is 5.87. The molecule has 192 valence electrons. The van der Waals surface area contributed by atoms with Crippen molar-refractivity contribution in [2.45, 2.75) is 12.8 Å². The summed E-state index contributed by atoms with van der Waals surface area (Å²) >= 11 is 10.8. The number of morpholine rings is 1. The fourth-order valence-electron chi connectivity index (χ4n) is 4.10. The first-order valence-electron chi connectivity index (χ1n) is 11.4. The van der Waals surface area contributed by atoms with Gasteiger partial charge in [-0.3, -0.25) is 9.69 Å². The van der Waals surface area contributed by atoms with Gasteiger partial charge in [-0.15, -0.1) is 11.3 Å². The Morgan fingerprint density at radius 2 is 2.00 bits per heavy atom. The molecular weight excluding hydrogens is 588 g/mol. The van der Waals surface area contributed by atoms with Crippen LogP contribution in [0.3, 0.4) is 0 Å². The van der Waals surface area contributed by atoms with Gasteiger partial charge in [0, 0.05) is 22.6 Å². The molecular formula is C26H21BrClF2N3O3S. The normalized spacial score (nSPS) is 15.0. The minimum absolute atomic E-state index is 0.0466. The van der Waals surface area contributed by atoms with Gasteiger partial charge in [0.15, 0.2) is 11.6 Å². The molecule has 1 N–H and O–H groups in total. The van der Waals surface area contributed by atoms with E-state index in [4.69, 9.17) is 21.1 Å². The number of rotatable bonds is 7. The topological polar surface area (TPSA) is 63.7 Å². The van der Waals surface area contributed by atoms with Crippen molar-refractivity contribution in [1.82, 2.24) is 15.2 Å². The third-order valence-corrected chi connectivity index (χ3v) is 7.61. The highest BCUT2D eigenvalue weighted by Crippen LogP contribution is 2.29. The molecule has 37 heavy (non-hydrogen) atoms. The van der Waals surface area contributed by atoms with Gasteiger partial charge >= 0.3 is 0 Å². The summed E-state index contributed by atoms with van der Waals surface area (Å²) in [5.41, 5.74) is 0.771. The maximum Gasteiger partial charge on any atom is 0.258 e. The molecule has 1 atom stereocenters. The molecule has 4 aromatic rings. The predicted octanol–water partition coefficient (Wildman–Crippen LogP) is 6.33. The summed E-state index contributed by atoms with van der Waals surface area (Å²) < 4.78 is 42.9. The van der Waals surface area contributed by atoms with Gasteiger partial charge in [0.1, 0.15) is 29.2 Å². The molecule has 1 fully saturated rings. The molecule has 0 radical (unpaired) electrons. The zero-order valence-corrected chi connectivity index (χ0v) is 22.5. The van der Waals surface area contributed by atoms with Crippen molar-refractivity contribution >= 4 is 55.0 Å². The first-order chi connectivity index (χ1) is 17.9. The van der Waals surface area contributed by atoms with Crippen LogP contribution in [-0.2, 0) is 11.3 Å². The summed E-state index contributed by atoms with van der Waals surface area (Å²) in [6, 6.07) is 14.9. The molecule has 5 rings (SSSR count). The van der Waals surface area contributed by atoms with E-state index in [1.54, 1.807) is 12.1 Å². The molecule has 0 aliphatic carbocycles. The van der Waals surface area contributed by atoms with Crippen molar-refractivity contribution in [3.8, 4) is 5.75 Å². The van der Waals surface area contributed by atoms with Crippen LogP contribution in [0, 0.1) is 11.6 Å². The molecule has 1 saturated heterocycles. The Kier molecular flexibility index (Phi) is 8.01. The van der Waals surface area contributed by atoms with E-state index in [2.05, 4.69) is 26.2 Å². The van der Waals surface area contributed by atoms with E-state index in [0.717, 1.165) is 20.8 Å². The average Bonchev–Trinajstić information content (AvgIpc) is 3.29. The van der Waals surface area contributed by atoms with E-state index in [9.17, 15) is 9.18 Å². The van der Waals surface area contributed by atoms with Crippen LogP contribution in [0.5, 0.6) is 5.75 Å². The number of benzene rings is 3. The maximum atomic E-state index is 15.4. The lowest BCUT2D eigenvalue weighted by molar-refractivity contribution is 0.00835. The van der Waals surface area contributed by atoms with Crippen molar-refractivity contribution in [3.05, 3.63) is 91.9 Å². The molecule has 1 aliphatic heterocycles. The number of nitrogens with zero attached hydrogens (tertiary/aromatic N) is 2. The van der Waals surface area contributed by atoms with Gasteiger partial charge in [-0.05, 0) is 48.0 Å². The van der Waals surface area contributed by atoms with Gasteiger partial charge in [-0.25, -0.2) is 13.8 Å². The standard InChI is InChI=1S/C26H21BrClF2N3O3S/c27-16-3-1-2-15(12-16)25(33-8-10-35-11-9-33)32-26(34)23-18(29)5-6-20(24(23)30)36-14-22-31-19-13-17(28)4-7-21(19)37-22/h1-7,12-13,25H,8-11,14H2,(H,32,34). The van der Waals surface area contributed by atoms with Crippen LogP contribution < -0.4 is 10.1 Å². The maximum absolute atomic E-state index is 15.4. The fraction of sp³-hybridized carbons (Fsp3) is 0.231. The van der Waals surface area contributed by atoms with E-state index < -0.39 is 29.3 Å². The Morgan fingerprint density at radius 1 is 1.19 bits per heavy atom. The molecule has 0 spiro atoms. The van der Waals surface area contributed by atoms with Crippen LogP contribution in [0.1, 0.15) is 27.1 Å². The first kappa shape index (κ1) is 26.0.